The van der Waals surface area contributed by atoms with Crippen molar-refractivity contribution < 1.29 is 65.5 Å². The summed E-state index contributed by atoms with van der Waals surface area (Å²) in [5.74, 6) is -2.93. The zero-order valence-electron chi connectivity index (χ0n) is 44.8. The van der Waals surface area contributed by atoms with Crippen LogP contribution in [0, 0.1) is 0 Å². The molecule has 5 aliphatic heterocycles. The van der Waals surface area contributed by atoms with Gasteiger partial charge in [0.05, 0.1) is 58.7 Å². The van der Waals surface area contributed by atoms with Gasteiger partial charge in [0.2, 0.25) is 0 Å². The maximum atomic E-state index is 14.7. The first-order valence-corrected chi connectivity index (χ1v) is 29.1. The minimum Gasteiger partial charge on any atom is -0.465 e. The van der Waals surface area contributed by atoms with Crippen molar-refractivity contribution in [2.45, 2.75) is 196 Å². The molecule has 11 atom stereocenters. The van der Waals surface area contributed by atoms with Crippen LogP contribution < -0.4 is 0 Å². The highest BCUT2D eigenvalue weighted by molar-refractivity contribution is 6.79. The number of benzene rings is 3. The summed E-state index contributed by atoms with van der Waals surface area (Å²) in [7, 11) is -3.66. The molecule has 3 aromatic rings. The van der Waals surface area contributed by atoms with Gasteiger partial charge in [-0.2, -0.15) is 0 Å². The predicted octanol–water partition coefficient (Wildman–Crippen LogP) is 9.88. The minimum atomic E-state index is -3.45. The van der Waals surface area contributed by atoms with Crippen molar-refractivity contribution in [1.29, 1.82) is 0 Å². The Morgan fingerprint density at radius 1 is 0.653 bits per heavy atom. The Morgan fingerprint density at radius 3 is 1.61 bits per heavy atom. The molecule has 0 aliphatic carbocycles. The second kappa shape index (κ2) is 20.9. The van der Waals surface area contributed by atoms with E-state index in [4.69, 9.17) is 55.9 Å². The fourth-order valence-corrected chi connectivity index (χ4v) is 23.5. The van der Waals surface area contributed by atoms with Crippen molar-refractivity contribution in [1.82, 2.24) is 4.57 Å². The van der Waals surface area contributed by atoms with Crippen molar-refractivity contribution in [3.05, 3.63) is 108 Å². The molecule has 1 unspecified atom stereocenters. The SMILES string of the molecule is COC(=O)[C@@]1(OCC2O[C@H](OC)[C@H](OCc3ccccc3)[C@@H](OCc3ccccc3)[C@H]2OCc2ccccc2)C[C@@H]2OC(=O)N3[C@H]2[C@@H](O1)[C@@H]([C@H]1CO[Si](C(C)(C)C)(C(C)(C)C)O1)O[Si]3(C(C)(C)C)C(C)(C)C. The fraction of sp³-hybridized carbons (Fsp3) is 0.636. The summed E-state index contributed by atoms with van der Waals surface area (Å²) in [5, 5.41) is -1.72. The number of hydrogen-bond donors (Lipinski definition) is 0. The van der Waals surface area contributed by atoms with Gasteiger partial charge in [-0.15, -0.1) is 0 Å². The standard InChI is InChI=1S/C55H79NO14Si2/c1-51(2,3)71(52(4,5)6)56-42-39(67-50(56)58)30-55(49(57)60-14,68-45(42)44(70-71)41-35-65-72(69-41,53(7,8)9)54(10,11)12)64-34-40-43(61-31-36-24-18-15-19-25-36)46(62-32-37-26-20-16-21-27-37)47(48(59-13)66-40)63-33-38-28-22-17-23-29-38/h15-29,39-48H,30-35H2,1-14H3/t39-,40?,41+,42+,43-,44+,45+,46-,47+,48-,55+/m0/s1. The number of carbonyl (C=O) groups excluding carboxylic acids is 2. The third-order valence-electron chi connectivity index (χ3n) is 15.0. The molecular weight excluding hydrogens is 955 g/mol. The zero-order chi connectivity index (χ0) is 52.1. The molecule has 5 saturated heterocycles. The topological polar surface area (TPSA) is 148 Å². The van der Waals surface area contributed by atoms with E-state index < -0.39 is 106 Å². The van der Waals surface area contributed by atoms with Crippen LogP contribution >= 0.6 is 0 Å². The van der Waals surface area contributed by atoms with E-state index in [0.29, 0.717) is 0 Å². The molecule has 0 saturated carbocycles. The van der Waals surface area contributed by atoms with Crippen LogP contribution in [-0.2, 0) is 80.5 Å². The maximum Gasteiger partial charge on any atom is 0.404 e. The molecule has 5 aliphatic rings. The van der Waals surface area contributed by atoms with Crippen LogP contribution in [0.4, 0.5) is 4.79 Å². The Bertz CT molecular complexity index is 2270. The van der Waals surface area contributed by atoms with Gasteiger partial charge in [0.25, 0.3) is 5.79 Å². The largest absolute Gasteiger partial charge is 0.465 e. The molecule has 15 nitrogen and oxygen atoms in total. The number of nitrogens with zero attached hydrogens (tertiary/aromatic N) is 1. The van der Waals surface area contributed by atoms with Gasteiger partial charge in [-0.25, -0.2) is 9.59 Å². The number of methoxy groups -OCH3 is 2. The lowest BCUT2D eigenvalue weighted by atomic mass is 9.89. The van der Waals surface area contributed by atoms with E-state index >= 15 is 0 Å². The molecular formula is C55H79NO14Si2. The Kier molecular flexibility index (Phi) is 15.8. The molecule has 5 fully saturated rings. The van der Waals surface area contributed by atoms with Gasteiger partial charge >= 0.3 is 29.1 Å². The third-order valence-corrected chi connectivity index (χ3v) is 26.0. The molecule has 1 amide bonds. The quantitative estimate of drug-likeness (QED) is 0.105. The lowest BCUT2D eigenvalue weighted by molar-refractivity contribution is -0.347. The van der Waals surface area contributed by atoms with Gasteiger partial charge in [0, 0.05) is 27.3 Å². The highest BCUT2D eigenvalue weighted by atomic mass is 28.4. The van der Waals surface area contributed by atoms with Gasteiger partial charge in [-0.05, 0) is 16.7 Å². The number of esters is 1. The van der Waals surface area contributed by atoms with E-state index in [1.807, 2.05) is 95.6 Å². The van der Waals surface area contributed by atoms with Crippen LogP contribution in [-0.4, -0.2) is 128 Å². The molecule has 17 heteroatoms. The summed E-state index contributed by atoms with van der Waals surface area (Å²) < 4.78 is 83.4. The minimum absolute atomic E-state index is 0.175. The van der Waals surface area contributed by atoms with Gasteiger partial charge in [-0.1, -0.05) is 174 Å². The lowest BCUT2D eigenvalue weighted by Gasteiger charge is -2.63. The lowest BCUT2D eigenvalue weighted by Crippen LogP contribution is -2.80. The smallest absolute Gasteiger partial charge is 0.404 e. The molecule has 0 aromatic heterocycles. The van der Waals surface area contributed by atoms with Gasteiger partial charge < -0.3 is 60.5 Å². The summed E-state index contributed by atoms with van der Waals surface area (Å²) in [6, 6.07) is 28.9. The van der Waals surface area contributed by atoms with Crippen molar-refractivity contribution in [3.8, 4) is 0 Å². The second-order valence-corrected chi connectivity index (χ2v) is 33.8. The summed E-state index contributed by atoms with van der Waals surface area (Å²) >= 11 is 0. The third kappa shape index (κ3) is 10.1. The highest BCUT2D eigenvalue weighted by Crippen LogP contribution is 2.62. The molecule has 72 heavy (non-hydrogen) atoms. The van der Waals surface area contributed by atoms with Gasteiger partial charge in [0.15, 0.2) is 6.29 Å². The molecule has 3 aromatic carbocycles. The average Bonchev–Trinajstić information content (AvgIpc) is 3.95. The molecule has 5 heterocycles. The summed E-state index contributed by atoms with van der Waals surface area (Å²) in [6.45, 7) is 26.4. The van der Waals surface area contributed by atoms with E-state index in [9.17, 15) is 9.59 Å². The van der Waals surface area contributed by atoms with Crippen LogP contribution in [0.1, 0.15) is 106 Å². The van der Waals surface area contributed by atoms with Crippen LogP contribution in [0.5, 0.6) is 0 Å². The Hall–Kier alpha value is -3.57. The number of amides is 1. The van der Waals surface area contributed by atoms with Crippen LogP contribution in [0.15, 0.2) is 91.0 Å². The average molecular weight is 1030 g/mol. The summed E-state index contributed by atoms with van der Waals surface area (Å²) in [4.78, 5) is 29.4. The van der Waals surface area contributed by atoms with Crippen molar-refractivity contribution in [2.75, 3.05) is 27.4 Å². The van der Waals surface area contributed by atoms with Crippen molar-refractivity contribution in [3.63, 3.8) is 0 Å². The van der Waals surface area contributed by atoms with Crippen LogP contribution in [0.3, 0.4) is 0 Å². The normalized spacial score (nSPS) is 31.5. The van der Waals surface area contributed by atoms with Crippen molar-refractivity contribution >= 4 is 29.1 Å². The fourth-order valence-electron chi connectivity index (χ4n) is 12.4. The first-order chi connectivity index (χ1) is 33.9. The van der Waals surface area contributed by atoms with E-state index in [1.54, 1.807) is 7.11 Å². The van der Waals surface area contributed by atoms with Crippen LogP contribution in [0.2, 0.25) is 20.2 Å². The maximum absolute atomic E-state index is 14.7. The van der Waals surface area contributed by atoms with Gasteiger partial charge in [-0.3, -0.25) is 0 Å². The zero-order valence-corrected chi connectivity index (χ0v) is 46.8. The summed E-state index contributed by atoms with van der Waals surface area (Å²) in [6.07, 6.45) is -8.28. The molecule has 8 rings (SSSR count). The molecule has 0 bridgehead atoms. The van der Waals surface area contributed by atoms with E-state index in [2.05, 4.69) is 83.1 Å². The second-order valence-electron chi connectivity index (χ2n) is 24.0. The number of ether oxygens (including phenoxy) is 9. The number of hydrogen-bond acceptors (Lipinski definition) is 14. The van der Waals surface area contributed by atoms with Crippen LogP contribution in [0.25, 0.3) is 0 Å². The predicted molar refractivity (Wildman–Crippen MR) is 273 cm³/mol. The molecule has 0 spiro atoms. The van der Waals surface area contributed by atoms with E-state index in [0.717, 1.165) is 16.7 Å². The highest BCUT2D eigenvalue weighted by Gasteiger charge is 2.77. The molecule has 0 N–H and O–H groups in total. The number of carbonyl (C=O) groups is 2. The van der Waals surface area contributed by atoms with Gasteiger partial charge in [0.1, 0.15) is 42.7 Å². The first kappa shape index (κ1) is 54.7. The summed E-state index contributed by atoms with van der Waals surface area (Å²) in [5.41, 5.74) is 2.82. The molecule has 0 radical (unpaired) electrons. The Morgan fingerprint density at radius 2 is 1.15 bits per heavy atom. The van der Waals surface area contributed by atoms with Crippen molar-refractivity contribution in [2.24, 2.45) is 0 Å². The monoisotopic (exact) mass is 1030 g/mol. The first-order valence-electron chi connectivity index (χ1n) is 25.4. The van der Waals surface area contributed by atoms with E-state index in [-0.39, 0.29) is 49.5 Å². The number of rotatable bonds is 15. The Balaban J connectivity index is 1.18. The van der Waals surface area contributed by atoms with E-state index in [1.165, 1.54) is 7.11 Å². The molecule has 396 valence electrons. The Labute approximate surface area is 429 Å².